The Hall–Kier alpha value is -1.78. The van der Waals surface area contributed by atoms with E-state index in [1.165, 1.54) is 6.20 Å². The fourth-order valence-corrected chi connectivity index (χ4v) is 1.12. The molecule has 1 aliphatic heterocycles. The molecule has 0 saturated heterocycles. The second kappa shape index (κ2) is 3.53. The highest BCUT2D eigenvalue weighted by Crippen LogP contribution is 2.29. The fraction of sp³-hybridized carbons (Fsp3) is 0.333. The maximum Gasteiger partial charge on any atom is 0.339 e. The molecule has 1 aliphatic rings. The molecule has 1 aromatic rings. The Bertz CT molecular complexity index is 364. The molecular formula is C9H9NO4. The minimum atomic E-state index is -0.404. The number of pyridine rings is 1. The fourth-order valence-electron chi connectivity index (χ4n) is 1.12. The van der Waals surface area contributed by atoms with Gasteiger partial charge in [0.1, 0.15) is 0 Å². The van der Waals surface area contributed by atoms with Gasteiger partial charge in [0.15, 0.2) is 5.75 Å². The highest BCUT2D eigenvalue weighted by Gasteiger charge is 2.17. The lowest BCUT2D eigenvalue weighted by molar-refractivity contribution is 0.0525. The Balaban J connectivity index is 2.24. The standard InChI is InChI=1S/C9H9NO4/c1-2-12-9(11)6-3-7-8(10-4-6)14-5-13-7/h3-4H,2,5H2,1H3. The van der Waals surface area contributed by atoms with Crippen LogP contribution >= 0.6 is 0 Å². The summed E-state index contributed by atoms with van der Waals surface area (Å²) in [5, 5.41) is 0. The zero-order valence-electron chi connectivity index (χ0n) is 7.65. The van der Waals surface area contributed by atoms with Crippen molar-refractivity contribution in [2.24, 2.45) is 0 Å². The van der Waals surface area contributed by atoms with Gasteiger partial charge in [-0.15, -0.1) is 0 Å². The van der Waals surface area contributed by atoms with Gasteiger partial charge in [-0.05, 0) is 6.92 Å². The van der Waals surface area contributed by atoms with E-state index in [0.29, 0.717) is 23.8 Å². The number of hydrogen-bond acceptors (Lipinski definition) is 5. The van der Waals surface area contributed by atoms with E-state index < -0.39 is 5.97 Å². The van der Waals surface area contributed by atoms with E-state index in [9.17, 15) is 4.79 Å². The Labute approximate surface area is 80.6 Å². The van der Waals surface area contributed by atoms with Crippen molar-refractivity contribution in [3.8, 4) is 11.6 Å². The van der Waals surface area contributed by atoms with Crippen molar-refractivity contribution in [2.75, 3.05) is 13.4 Å². The molecular weight excluding hydrogens is 186 g/mol. The van der Waals surface area contributed by atoms with Crippen LogP contribution in [0.1, 0.15) is 17.3 Å². The van der Waals surface area contributed by atoms with Crippen molar-refractivity contribution in [1.82, 2.24) is 4.98 Å². The second-order valence-electron chi connectivity index (χ2n) is 2.65. The van der Waals surface area contributed by atoms with E-state index in [2.05, 4.69) is 4.98 Å². The van der Waals surface area contributed by atoms with Crippen LogP contribution in [0, 0.1) is 0 Å². The van der Waals surface area contributed by atoms with E-state index in [1.54, 1.807) is 13.0 Å². The van der Waals surface area contributed by atoms with Gasteiger partial charge >= 0.3 is 5.97 Å². The number of carbonyl (C=O) groups is 1. The van der Waals surface area contributed by atoms with Crippen LogP contribution in [0.3, 0.4) is 0 Å². The molecule has 0 bridgehead atoms. The van der Waals surface area contributed by atoms with Crippen LogP contribution in [0.25, 0.3) is 0 Å². The second-order valence-corrected chi connectivity index (χ2v) is 2.65. The van der Waals surface area contributed by atoms with Gasteiger partial charge < -0.3 is 14.2 Å². The first-order valence-corrected chi connectivity index (χ1v) is 4.24. The summed E-state index contributed by atoms with van der Waals surface area (Å²) in [6, 6.07) is 1.56. The predicted octanol–water partition coefficient (Wildman–Crippen LogP) is 0.987. The van der Waals surface area contributed by atoms with Gasteiger partial charge in [-0.2, -0.15) is 0 Å². The average molecular weight is 195 g/mol. The quantitative estimate of drug-likeness (QED) is 0.658. The molecule has 0 atom stereocenters. The van der Waals surface area contributed by atoms with Gasteiger partial charge in [0.2, 0.25) is 6.79 Å². The molecule has 0 saturated carbocycles. The van der Waals surface area contributed by atoms with Crippen LogP contribution in [0.4, 0.5) is 0 Å². The number of nitrogens with zero attached hydrogens (tertiary/aromatic N) is 1. The largest absolute Gasteiger partial charge is 0.462 e. The third kappa shape index (κ3) is 1.48. The molecule has 0 N–H and O–H groups in total. The Morgan fingerprint density at radius 2 is 2.50 bits per heavy atom. The number of rotatable bonds is 2. The number of carbonyl (C=O) groups excluding carboxylic acids is 1. The van der Waals surface area contributed by atoms with E-state index in [4.69, 9.17) is 14.2 Å². The van der Waals surface area contributed by atoms with Gasteiger partial charge in [-0.25, -0.2) is 9.78 Å². The molecule has 74 valence electrons. The van der Waals surface area contributed by atoms with Crippen LogP contribution in [0.15, 0.2) is 12.3 Å². The molecule has 5 heteroatoms. The zero-order valence-corrected chi connectivity index (χ0v) is 7.65. The third-order valence-corrected chi connectivity index (χ3v) is 1.74. The molecule has 2 rings (SSSR count). The van der Waals surface area contributed by atoms with Crippen molar-refractivity contribution in [2.45, 2.75) is 6.92 Å². The molecule has 0 unspecified atom stereocenters. The molecule has 0 spiro atoms. The number of aromatic nitrogens is 1. The Morgan fingerprint density at radius 3 is 3.29 bits per heavy atom. The molecule has 0 fully saturated rings. The number of esters is 1. The van der Waals surface area contributed by atoms with Crippen LogP contribution in [0.5, 0.6) is 11.6 Å². The molecule has 2 heterocycles. The molecule has 0 amide bonds. The lowest BCUT2D eigenvalue weighted by Crippen LogP contribution is -2.04. The maximum atomic E-state index is 11.3. The minimum absolute atomic E-state index is 0.147. The van der Waals surface area contributed by atoms with Gasteiger partial charge in [-0.3, -0.25) is 0 Å². The molecule has 0 aliphatic carbocycles. The normalized spacial score (nSPS) is 12.6. The van der Waals surface area contributed by atoms with Crippen molar-refractivity contribution < 1.29 is 19.0 Å². The summed E-state index contributed by atoms with van der Waals surface area (Å²) in [5.41, 5.74) is 0.371. The predicted molar refractivity (Wildman–Crippen MR) is 46.3 cm³/mol. The van der Waals surface area contributed by atoms with Gasteiger partial charge in [0.25, 0.3) is 5.88 Å². The van der Waals surface area contributed by atoms with Crippen LogP contribution in [-0.2, 0) is 4.74 Å². The smallest absolute Gasteiger partial charge is 0.339 e. The summed E-state index contributed by atoms with van der Waals surface area (Å²) in [6.45, 7) is 2.24. The summed E-state index contributed by atoms with van der Waals surface area (Å²) in [6.07, 6.45) is 1.41. The van der Waals surface area contributed by atoms with Gasteiger partial charge in [0, 0.05) is 12.3 Å². The first kappa shape index (κ1) is 8.80. The molecule has 1 aromatic heterocycles. The highest BCUT2D eigenvalue weighted by atomic mass is 16.7. The highest BCUT2D eigenvalue weighted by molar-refractivity contribution is 5.89. The SMILES string of the molecule is CCOC(=O)c1cnc2c(c1)OCO2. The lowest BCUT2D eigenvalue weighted by Gasteiger charge is -2.01. The first-order valence-electron chi connectivity index (χ1n) is 4.24. The minimum Gasteiger partial charge on any atom is -0.462 e. The van der Waals surface area contributed by atoms with E-state index in [-0.39, 0.29) is 6.79 Å². The van der Waals surface area contributed by atoms with Crippen LogP contribution in [-0.4, -0.2) is 24.4 Å². The summed E-state index contributed by atoms with van der Waals surface area (Å²) in [5.74, 6) is 0.493. The van der Waals surface area contributed by atoms with E-state index in [0.717, 1.165) is 0 Å². The zero-order chi connectivity index (χ0) is 9.97. The topological polar surface area (TPSA) is 57.7 Å². The van der Waals surface area contributed by atoms with Gasteiger partial charge in [0.05, 0.1) is 12.2 Å². The van der Waals surface area contributed by atoms with Crippen molar-refractivity contribution in [3.05, 3.63) is 17.8 Å². The van der Waals surface area contributed by atoms with Crippen LogP contribution in [0.2, 0.25) is 0 Å². The Morgan fingerprint density at radius 1 is 1.64 bits per heavy atom. The van der Waals surface area contributed by atoms with E-state index >= 15 is 0 Å². The number of fused-ring (bicyclic) bond motifs is 1. The van der Waals surface area contributed by atoms with Gasteiger partial charge in [-0.1, -0.05) is 0 Å². The Kier molecular flexibility index (Phi) is 2.22. The van der Waals surface area contributed by atoms with Crippen molar-refractivity contribution in [3.63, 3.8) is 0 Å². The summed E-state index contributed by atoms with van der Waals surface area (Å²) < 4.78 is 14.9. The lowest BCUT2D eigenvalue weighted by atomic mass is 10.3. The number of hydrogen-bond donors (Lipinski definition) is 0. The van der Waals surface area contributed by atoms with Crippen molar-refractivity contribution >= 4 is 5.97 Å². The summed E-state index contributed by atoms with van der Waals surface area (Å²) in [4.78, 5) is 15.2. The molecule has 0 aromatic carbocycles. The average Bonchev–Trinajstić information content (AvgIpc) is 2.64. The van der Waals surface area contributed by atoms with E-state index in [1.807, 2.05) is 0 Å². The summed E-state index contributed by atoms with van der Waals surface area (Å²) >= 11 is 0. The first-order chi connectivity index (χ1) is 6.81. The molecule has 0 radical (unpaired) electrons. The summed E-state index contributed by atoms with van der Waals surface area (Å²) in [7, 11) is 0. The number of ether oxygens (including phenoxy) is 3. The molecule has 14 heavy (non-hydrogen) atoms. The molecule has 5 nitrogen and oxygen atoms in total. The third-order valence-electron chi connectivity index (χ3n) is 1.74. The monoisotopic (exact) mass is 195 g/mol. The van der Waals surface area contributed by atoms with Crippen LogP contribution < -0.4 is 9.47 Å². The van der Waals surface area contributed by atoms with Crippen molar-refractivity contribution in [1.29, 1.82) is 0 Å². The maximum absolute atomic E-state index is 11.3.